The molecule has 2 aliphatic carbocycles. The monoisotopic (exact) mass is 636 g/mol. The van der Waals surface area contributed by atoms with E-state index in [-0.39, 0.29) is 23.6 Å². The summed E-state index contributed by atoms with van der Waals surface area (Å²) in [5.74, 6) is 10.8. The fraction of sp³-hybridized carbons (Fsp3) is 0.378. The van der Waals surface area contributed by atoms with Crippen LogP contribution in [0.3, 0.4) is 0 Å². The summed E-state index contributed by atoms with van der Waals surface area (Å²) in [7, 11) is 1.38. The number of carbonyl (C=O) groups is 2. The predicted octanol–water partition coefficient (Wildman–Crippen LogP) is 4.05. The molecule has 6 rings (SSSR count). The second-order valence-electron chi connectivity index (χ2n) is 12.3. The number of nitrogens with one attached hydrogen (secondary N) is 1. The van der Waals surface area contributed by atoms with Gasteiger partial charge in [0.2, 0.25) is 0 Å². The summed E-state index contributed by atoms with van der Waals surface area (Å²) >= 11 is 0. The maximum atomic E-state index is 14.4. The van der Waals surface area contributed by atoms with E-state index < -0.39 is 47.5 Å². The first-order chi connectivity index (χ1) is 22.4. The van der Waals surface area contributed by atoms with E-state index in [0.717, 1.165) is 5.39 Å². The number of fused-ring (bicyclic) bond motifs is 5. The molecule has 2 bridgehead atoms. The van der Waals surface area contributed by atoms with Gasteiger partial charge in [0.15, 0.2) is 23.5 Å². The van der Waals surface area contributed by atoms with Crippen molar-refractivity contribution in [3.05, 3.63) is 71.1 Å². The van der Waals surface area contributed by atoms with Gasteiger partial charge in [-0.2, -0.15) is 0 Å². The molecule has 1 saturated heterocycles. The van der Waals surface area contributed by atoms with Crippen LogP contribution < -0.4 is 0 Å². The Hall–Kier alpha value is -4.55. The molecular weight excluding hydrogens is 600 g/mol. The molecule has 3 aromatic rings. The van der Waals surface area contributed by atoms with Crippen LogP contribution in [-0.4, -0.2) is 80.3 Å². The van der Waals surface area contributed by atoms with Gasteiger partial charge in [-0.3, -0.25) is 14.6 Å². The number of phenolic OH excluding ortho intramolecular Hbond substituents is 1. The summed E-state index contributed by atoms with van der Waals surface area (Å²) in [6.07, 6.45) is 0.890. The van der Waals surface area contributed by atoms with Gasteiger partial charge in [0.05, 0.1) is 23.5 Å². The minimum atomic E-state index is -1.74. The number of nitrogens with zero attached hydrogens (tertiary/aromatic N) is 1. The first kappa shape index (κ1) is 32.4. The van der Waals surface area contributed by atoms with E-state index in [0.29, 0.717) is 39.6 Å². The van der Waals surface area contributed by atoms with Crippen LogP contribution in [0.15, 0.2) is 65.4 Å². The van der Waals surface area contributed by atoms with Gasteiger partial charge in [-0.15, -0.1) is 0 Å². The number of allylic oxidation sites excluding steroid dienone is 4. The van der Waals surface area contributed by atoms with Crippen molar-refractivity contribution in [1.82, 2.24) is 9.97 Å². The van der Waals surface area contributed by atoms with Crippen molar-refractivity contribution in [1.29, 1.82) is 0 Å². The number of carbonyl (C=O) groups excluding carboxylic acids is 2. The number of pyridine rings is 1. The van der Waals surface area contributed by atoms with Gasteiger partial charge in [0.25, 0.3) is 0 Å². The Morgan fingerprint density at radius 3 is 2.74 bits per heavy atom. The molecule has 5 unspecified atom stereocenters. The zero-order chi connectivity index (χ0) is 33.7. The summed E-state index contributed by atoms with van der Waals surface area (Å²) in [5, 5.41) is 35.0. The van der Waals surface area contributed by atoms with E-state index in [4.69, 9.17) is 14.2 Å². The number of hydrogen-bond donors (Lipinski definition) is 4. The molecule has 1 aliphatic heterocycles. The molecule has 0 amide bonds. The Balaban J connectivity index is 1.37. The molecule has 0 radical (unpaired) electrons. The van der Waals surface area contributed by atoms with E-state index in [1.807, 2.05) is 13.0 Å². The molecule has 1 aromatic carbocycles. The third kappa shape index (κ3) is 5.29. The number of aromatic nitrogens is 2. The number of benzene rings is 1. The fourth-order valence-electron chi connectivity index (χ4n) is 6.70. The zero-order valence-electron chi connectivity index (χ0n) is 26.7. The summed E-state index contributed by atoms with van der Waals surface area (Å²) in [5.41, 5.74) is -0.805. The number of rotatable bonds is 6. The van der Waals surface area contributed by atoms with Crippen LogP contribution in [-0.2, 0) is 19.0 Å². The highest BCUT2D eigenvalue weighted by atomic mass is 16.7. The first-order valence-corrected chi connectivity index (χ1v) is 15.5. The fourth-order valence-corrected chi connectivity index (χ4v) is 6.70. The van der Waals surface area contributed by atoms with Gasteiger partial charge >= 0.3 is 0 Å². The van der Waals surface area contributed by atoms with E-state index in [1.54, 1.807) is 45.0 Å². The van der Waals surface area contributed by atoms with E-state index in [2.05, 4.69) is 33.6 Å². The smallest absolute Gasteiger partial charge is 0.194 e. The molecule has 2 aromatic heterocycles. The lowest BCUT2D eigenvalue weighted by Crippen LogP contribution is -2.64. The van der Waals surface area contributed by atoms with E-state index in [1.165, 1.54) is 25.5 Å². The number of ether oxygens (including phenoxy) is 3. The number of Topliss-reactive ketones (excluding diaryl/α,β-unsaturated/α-hetero) is 2. The maximum absolute atomic E-state index is 14.4. The number of aliphatic hydroxyl groups excluding tert-OH is 1. The van der Waals surface area contributed by atoms with Gasteiger partial charge in [0, 0.05) is 35.2 Å². The molecule has 47 heavy (non-hydrogen) atoms. The van der Waals surface area contributed by atoms with Crippen molar-refractivity contribution in [2.75, 3.05) is 7.11 Å². The number of hydrogen-bond acceptors (Lipinski definition) is 9. The minimum absolute atomic E-state index is 0.0865. The van der Waals surface area contributed by atoms with E-state index >= 15 is 0 Å². The second kappa shape index (κ2) is 12.2. The Bertz CT molecular complexity index is 2020. The van der Waals surface area contributed by atoms with Crippen molar-refractivity contribution < 1.29 is 39.1 Å². The van der Waals surface area contributed by atoms with Gasteiger partial charge in [-0.25, -0.2) is 0 Å². The molecule has 10 nitrogen and oxygen atoms in total. The third-order valence-corrected chi connectivity index (χ3v) is 9.52. The van der Waals surface area contributed by atoms with Gasteiger partial charge in [-0.1, -0.05) is 36.7 Å². The molecule has 1 fully saturated rings. The Kier molecular flexibility index (Phi) is 8.43. The molecule has 10 heteroatoms. The summed E-state index contributed by atoms with van der Waals surface area (Å²) < 4.78 is 18.5. The Labute approximate surface area is 272 Å². The number of aromatic amines is 1. The summed E-state index contributed by atoms with van der Waals surface area (Å²) in [4.78, 5) is 35.2. The zero-order valence-corrected chi connectivity index (χ0v) is 26.7. The van der Waals surface area contributed by atoms with Gasteiger partial charge in [0.1, 0.15) is 29.8 Å². The average molecular weight is 637 g/mol. The normalized spacial score (nSPS) is 32.1. The lowest BCUT2D eigenvalue weighted by Gasteiger charge is -2.49. The highest BCUT2D eigenvalue weighted by molar-refractivity contribution is 6.16. The van der Waals surface area contributed by atoms with Crippen LogP contribution in [0.25, 0.3) is 21.8 Å². The SMILES string of the molecule is CC/C=C1\C2=C(C)C(=O)C[C@@]1(O)C#C/C=C\C#C[C@@H]2OC1OC(C)C(C)(C(=O)c2nccc3c2[nH]c2ccc(O)cc23)C(O)C1OC. The standard InChI is InChI=1S/C37H36N2O8/c1-6-11-25-29-20(2)27(41)19-37(25,44)16-10-8-7-9-12-28(29)47-35-32(45-5)34(43)36(4,21(3)46-35)33(42)31-30-23(15-17-38-31)24-18-22(40)13-14-26(24)39-30/h7-8,11,13-15,17-18,21,28,32,34-35,39-40,43-44H,6,19H2,1-5H3/b8-7-,25-11+/t21?,28-,32?,34?,35?,36?,37-/m0/s1. The topological polar surface area (TPSA) is 151 Å². The number of aliphatic hydroxyl groups is 2. The highest BCUT2D eigenvalue weighted by Crippen LogP contribution is 2.44. The Morgan fingerprint density at radius 1 is 1.23 bits per heavy atom. The van der Waals surface area contributed by atoms with Crippen LogP contribution in [0, 0.1) is 29.1 Å². The molecular formula is C37H36N2O8. The minimum Gasteiger partial charge on any atom is -0.508 e. The molecule has 0 spiro atoms. The molecule has 4 N–H and O–H groups in total. The lowest BCUT2D eigenvalue weighted by molar-refractivity contribution is -0.302. The summed E-state index contributed by atoms with van der Waals surface area (Å²) in [6.45, 7) is 6.84. The van der Waals surface area contributed by atoms with Crippen LogP contribution in [0.4, 0.5) is 0 Å². The quantitative estimate of drug-likeness (QED) is 0.232. The van der Waals surface area contributed by atoms with Gasteiger partial charge in [-0.05, 0) is 74.8 Å². The lowest BCUT2D eigenvalue weighted by atomic mass is 9.70. The third-order valence-electron chi connectivity index (χ3n) is 9.52. The highest BCUT2D eigenvalue weighted by Gasteiger charge is 2.58. The first-order valence-electron chi connectivity index (χ1n) is 15.5. The molecule has 3 heterocycles. The molecule has 242 valence electrons. The Morgan fingerprint density at radius 2 is 2.00 bits per heavy atom. The van der Waals surface area contributed by atoms with E-state index in [9.17, 15) is 24.9 Å². The number of ketones is 2. The van der Waals surface area contributed by atoms with Crippen molar-refractivity contribution in [3.63, 3.8) is 0 Å². The number of methoxy groups -OCH3 is 1. The predicted molar refractivity (Wildman–Crippen MR) is 174 cm³/mol. The number of phenols is 1. The van der Waals surface area contributed by atoms with Crippen molar-refractivity contribution in [3.8, 4) is 29.4 Å². The van der Waals surface area contributed by atoms with Crippen LogP contribution in [0.5, 0.6) is 5.75 Å². The summed E-state index contributed by atoms with van der Waals surface area (Å²) in [6, 6.07) is 6.63. The molecule has 0 saturated carbocycles. The maximum Gasteiger partial charge on any atom is 0.194 e. The van der Waals surface area contributed by atoms with Gasteiger partial charge < -0.3 is 34.5 Å². The average Bonchev–Trinajstić information content (AvgIpc) is 3.41. The van der Waals surface area contributed by atoms with Crippen molar-refractivity contribution in [2.45, 2.75) is 76.8 Å². The van der Waals surface area contributed by atoms with Crippen molar-refractivity contribution >= 4 is 33.4 Å². The van der Waals surface area contributed by atoms with Crippen LogP contribution in [0.1, 0.15) is 51.0 Å². The number of H-pyrrole nitrogens is 1. The molecule has 3 aliphatic rings. The molecule has 7 atom stereocenters. The van der Waals surface area contributed by atoms with Crippen LogP contribution in [0.2, 0.25) is 0 Å². The second-order valence-corrected chi connectivity index (χ2v) is 12.3. The number of aromatic hydroxyl groups is 1. The van der Waals surface area contributed by atoms with Crippen molar-refractivity contribution in [2.24, 2.45) is 5.41 Å². The largest absolute Gasteiger partial charge is 0.508 e. The van der Waals surface area contributed by atoms with Crippen LogP contribution >= 0.6 is 0 Å².